The number of aromatic nitrogens is 12. The molecule has 0 saturated carbocycles. The van der Waals surface area contributed by atoms with E-state index in [2.05, 4.69) is 66.4 Å². The lowest BCUT2D eigenvalue weighted by atomic mass is 10.00. The summed E-state index contributed by atoms with van der Waals surface area (Å²) in [5, 5.41) is 20.8. The molecule has 0 spiro atoms. The van der Waals surface area contributed by atoms with Crippen LogP contribution in [0.15, 0.2) is 45.7 Å². The quantitative estimate of drug-likeness (QED) is 0.121. The van der Waals surface area contributed by atoms with E-state index in [0.29, 0.717) is 23.0 Å². The van der Waals surface area contributed by atoms with Gasteiger partial charge >= 0.3 is 0 Å². The molecule has 8 aromatic heterocycles. The first kappa shape index (κ1) is 61.2. The summed E-state index contributed by atoms with van der Waals surface area (Å²) in [5.41, 5.74) is 18.8. The van der Waals surface area contributed by atoms with Gasteiger partial charge in [-0.15, -0.1) is 0 Å². The van der Waals surface area contributed by atoms with Gasteiger partial charge in [0.25, 0.3) is 0 Å². The summed E-state index contributed by atoms with van der Waals surface area (Å²) in [6.45, 7) is 21.2. The second-order valence-corrected chi connectivity index (χ2v) is 36.4. The van der Waals surface area contributed by atoms with E-state index in [0.717, 1.165) is 136 Å². The number of nitrogens with zero attached hydrogens (tertiary/aromatic N) is 10. The molecule has 0 bridgehead atoms. The molecule has 0 atom stereocenters. The van der Waals surface area contributed by atoms with Crippen molar-refractivity contribution in [1.29, 1.82) is 0 Å². The maximum Gasteiger partial charge on any atom is 0.143 e. The van der Waals surface area contributed by atoms with Crippen LogP contribution in [0.25, 0.3) is 66.1 Å². The van der Waals surface area contributed by atoms with Crippen LogP contribution in [-0.4, -0.2) is 74.0 Å². The lowest BCUT2D eigenvalue weighted by Crippen LogP contribution is -2.06. The Hall–Kier alpha value is -4.41. The number of aryl methyl sites for hydroxylation is 10. The minimum absolute atomic E-state index is 0.427. The third-order valence-corrected chi connectivity index (χ3v) is 34.3. The molecule has 0 aliphatic rings. The average molecular weight is 1320 g/mol. The molecule has 0 unspecified atom stereocenters. The van der Waals surface area contributed by atoms with Crippen molar-refractivity contribution in [2.75, 3.05) is 20.0 Å². The Labute approximate surface area is 495 Å². The Morgan fingerprint density at radius 2 is 1.05 bits per heavy atom. The van der Waals surface area contributed by atoms with Crippen LogP contribution in [0.4, 0.5) is 5.82 Å². The van der Waals surface area contributed by atoms with Crippen LogP contribution < -0.4 is 15.2 Å². The molecule has 17 nitrogen and oxygen atoms in total. The number of fused-ring (bicyclic) bond motifs is 6. The van der Waals surface area contributed by atoms with E-state index >= 15 is 0 Å². The highest BCUT2D eigenvalue weighted by Crippen LogP contribution is 2.42. The number of nitrogen functional groups attached to an aromatic ring is 1. The summed E-state index contributed by atoms with van der Waals surface area (Å²) in [6, 6.07) is 8.10. The number of H-pyrrole nitrogens is 2. The molecule has 414 valence electrons. The van der Waals surface area contributed by atoms with Crippen LogP contribution in [0.5, 0.6) is 11.5 Å². The summed E-state index contributed by atoms with van der Waals surface area (Å²) in [6.07, 6.45) is 4.37. The van der Waals surface area contributed by atoms with E-state index in [1.165, 1.54) is 23.5 Å². The monoisotopic (exact) mass is 1310 g/mol. The molecule has 0 amide bonds. The van der Waals surface area contributed by atoms with Crippen molar-refractivity contribution in [2.24, 2.45) is 0 Å². The van der Waals surface area contributed by atoms with Crippen molar-refractivity contribution >= 4 is 181 Å². The molecule has 2 aromatic carbocycles. The van der Waals surface area contributed by atoms with Crippen LogP contribution in [0.1, 0.15) is 70.9 Å². The van der Waals surface area contributed by atoms with Crippen molar-refractivity contribution in [3.63, 3.8) is 0 Å². The molecule has 4 N–H and O–H groups in total. The zero-order valence-electron chi connectivity index (χ0n) is 44.0. The second kappa shape index (κ2) is 28.8. The minimum atomic E-state index is 0.427. The van der Waals surface area contributed by atoms with Crippen molar-refractivity contribution in [2.45, 2.75) is 88.7 Å². The molecule has 0 radical (unpaired) electrons. The summed E-state index contributed by atoms with van der Waals surface area (Å²) < 4.78 is 25.9. The number of ether oxygens (including phenoxy) is 2. The van der Waals surface area contributed by atoms with E-state index < -0.39 is 0 Å². The van der Waals surface area contributed by atoms with Crippen LogP contribution in [-0.2, 0) is 140 Å². The van der Waals surface area contributed by atoms with Crippen LogP contribution >= 0.6 is 11.6 Å². The first-order chi connectivity index (χ1) is 37.6. The largest absolute Gasteiger partial charge is 0.496 e. The van der Waals surface area contributed by atoms with Gasteiger partial charge in [-0.3, -0.25) is 9.36 Å². The molecular formula is C47H52ClN13O4S13. The zero-order chi connectivity index (χ0) is 56.2. The van der Waals surface area contributed by atoms with Gasteiger partial charge in [-0.25, -0.2) is 19.9 Å². The Balaban J connectivity index is 0.000000168. The van der Waals surface area contributed by atoms with Gasteiger partial charge in [-0.1, -0.05) is 21.9 Å². The smallest absolute Gasteiger partial charge is 0.143 e. The summed E-state index contributed by atoms with van der Waals surface area (Å²) in [4.78, 5) is 25.0. The maximum absolute atomic E-state index is 6.33. The molecule has 0 fully saturated rings. The fourth-order valence-corrected chi connectivity index (χ4v) is 33.5. The number of nitrogens with two attached hydrogens (primary N) is 1. The molecule has 10 rings (SSSR count). The Bertz CT molecular complexity index is 4310. The summed E-state index contributed by atoms with van der Waals surface area (Å²) in [5.74, 6) is 5.11. The van der Waals surface area contributed by atoms with Gasteiger partial charge in [-0.2, -0.15) is 10.2 Å². The number of halogens is 1. The van der Waals surface area contributed by atoms with Gasteiger partial charge in [0.15, 0.2) is 0 Å². The van der Waals surface area contributed by atoms with E-state index in [4.69, 9.17) is 68.2 Å². The van der Waals surface area contributed by atoms with Crippen molar-refractivity contribution < 1.29 is 18.5 Å². The van der Waals surface area contributed by atoms with Crippen LogP contribution in [0.3, 0.4) is 0 Å². The Morgan fingerprint density at radius 3 is 1.47 bits per heavy atom. The number of hydrogen-bond acceptors (Lipinski definition) is 15. The highest BCUT2D eigenvalue weighted by atomic mass is 35.5. The number of benzene rings is 2. The third-order valence-electron chi connectivity index (χ3n) is 11.8. The fourth-order valence-electron chi connectivity index (χ4n) is 8.51. The lowest BCUT2D eigenvalue weighted by Gasteiger charge is -2.10. The number of aromatic amines is 2. The van der Waals surface area contributed by atoms with Gasteiger partial charge < -0.3 is 34.2 Å². The Morgan fingerprint density at radius 1 is 0.603 bits per heavy atom. The van der Waals surface area contributed by atoms with Gasteiger partial charge in [0.05, 0.1) is 60.2 Å². The number of methoxy groups -OCH3 is 2. The number of rotatable bonds is 8. The average Bonchev–Trinajstić information content (AvgIpc) is 4.31. The van der Waals surface area contributed by atoms with Crippen LogP contribution in [0.2, 0.25) is 5.15 Å². The molecule has 8 heterocycles. The minimum Gasteiger partial charge on any atom is -0.496 e. The molecule has 0 aliphatic heterocycles. The third kappa shape index (κ3) is 14.4. The van der Waals surface area contributed by atoms with Crippen molar-refractivity contribution in [1.82, 2.24) is 59.8 Å². The standard InChI is InChI=1S/C24H26N6O2.C17H15ClN4O2.C6H11N3.S13/c1-7-30-20(12(2)11-25-30)10-19-23-16-9-21(31-6)17(22-13(3)29-32-14(22)4)8-18(16)28-24(23)27-15(5)26-19;1-7-14(8(2)24-22-7)11-5-12-10(6-13(11)23-4)15-16(18)19-9(3)20-17(15)21-12;1-3-9-6(7)5(2)4-8-9;1-3-5-7-9-11-13-12-10-8-6-4-2/h8-9,11H,7,10H2,1-6H3,(H,26,27,28);5-6H,1-4H3,(H,19,20,21);4H,3,7H2,1-2H3;. The molecule has 78 heavy (non-hydrogen) atoms. The van der Waals surface area contributed by atoms with E-state index in [9.17, 15) is 0 Å². The fraction of sp³-hybridized carbons (Fsp3) is 0.319. The first-order valence-electron chi connectivity index (χ1n) is 23.2. The van der Waals surface area contributed by atoms with Gasteiger partial charge in [0, 0.05) is 189 Å². The lowest BCUT2D eigenvalue weighted by molar-refractivity contribution is 0.393. The SMILES string of the molecule is CCn1ncc(C)c1Cc1nc(C)nc2[nH]c3cc(-c4c(C)noc4C)c(OC)cc3c12.CCn1ncc(C)c1N.COc1cc2c(cc1-c1c(C)noc1C)[nH]c1nc(C)nc(Cl)c12.S=S=S=S=S=S=S=S=S=S=S=S=S. The molecule has 10 aromatic rings. The highest BCUT2D eigenvalue weighted by Gasteiger charge is 2.23. The summed E-state index contributed by atoms with van der Waals surface area (Å²) >= 11 is 15.7. The maximum atomic E-state index is 6.33. The molecule has 0 aliphatic carbocycles. The van der Waals surface area contributed by atoms with Crippen molar-refractivity contribution in [3.05, 3.63) is 98.9 Å². The number of anilines is 1. The predicted octanol–water partition coefficient (Wildman–Crippen LogP) is 9.93. The van der Waals surface area contributed by atoms with E-state index in [1.807, 2.05) is 78.4 Å². The van der Waals surface area contributed by atoms with Gasteiger partial charge in [0.1, 0.15) is 56.9 Å². The predicted molar refractivity (Wildman–Crippen MR) is 349 cm³/mol. The number of hydrogen-bond donors (Lipinski definition) is 3. The first-order valence-corrected chi connectivity index (χ1v) is 39.6. The number of nitrogens with one attached hydrogen (secondary N) is 2. The van der Waals surface area contributed by atoms with Gasteiger partial charge in [0.2, 0.25) is 0 Å². The normalized spacial score (nSPS) is 10.7. The van der Waals surface area contributed by atoms with Gasteiger partial charge in [-0.05, 0) is 99.1 Å². The highest BCUT2D eigenvalue weighted by molar-refractivity contribution is 8.75. The molecular weight excluding hydrogens is 1260 g/mol. The van der Waals surface area contributed by atoms with Crippen molar-refractivity contribution in [3.8, 4) is 33.8 Å². The molecule has 31 heteroatoms. The topological polar surface area (TPSA) is 215 Å². The zero-order valence-corrected chi connectivity index (χ0v) is 55.3. The molecule has 0 saturated heterocycles. The summed E-state index contributed by atoms with van der Waals surface area (Å²) in [7, 11) is 21.4. The second-order valence-electron chi connectivity index (χ2n) is 16.6. The van der Waals surface area contributed by atoms with Crippen LogP contribution in [0, 0.1) is 55.4 Å². The van der Waals surface area contributed by atoms with E-state index in [-0.39, 0.29) is 0 Å². The van der Waals surface area contributed by atoms with E-state index in [1.54, 1.807) is 105 Å². The Kier molecular flexibility index (Phi) is 22.6.